The van der Waals surface area contributed by atoms with E-state index in [1.54, 1.807) is 19.2 Å². The van der Waals surface area contributed by atoms with Crippen molar-refractivity contribution in [3.05, 3.63) is 68.2 Å². The standard InChI is InChI=1S/C15H10Cl3NO/c1-20-15-10-5-3-2-4-9(10)14(19-15)13-11(17)6-8(16)7-12(13)18/h2-7,14H,1H3. The molecule has 2 aromatic rings. The third-order valence-electron chi connectivity index (χ3n) is 3.24. The van der Waals surface area contributed by atoms with Gasteiger partial charge in [0.1, 0.15) is 6.04 Å². The second-order valence-corrected chi connectivity index (χ2v) is 5.66. The quantitative estimate of drug-likeness (QED) is 0.711. The zero-order valence-electron chi connectivity index (χ0n) is 10.5. The molecule has 20 heavy (non-hydrogen) atoms. The summed E-state index contributed by atoms with van der Waals surface area (Å²) in [4.78, 5) is 4.58. The van der Waals surface area contributed by atoms with Crippen LogP contribution >= 0.6 is 34.8 Å². The Kier molecular flexibility index (Phi) is 3.63. The first-order chi connectivity index (χ1) is 9.61. The average Bonchev–Trinajstić information content (AvgIpc) is 2.77. The summed E-state index contributed by atoms with van der Waals surface area (Å²) in [7, 11) is 1.60. The summed E-state index contributed by atoms with van der Waals surface area (Å²) >= 11 is 18.5. The van der Waals surface area contributed by atoms with Gasteiger partial charge in [-0.25, -0.2) is 4.99 Å². The van der Waals surface area contributed by atoms with Crippen LogP contribution in [0.4, 0.5) is 0 Å². The van der Waals surface area contributed by atoms with Gasteiger partial charge >= 0.3 is 0 Å². The van der Waals surface area contributed by atoms with E-state index in [-0.39, 0.29) is 6.04 Å². The maximum Gasteiger partial charge on any atom is 0.217 e. The van der Waals surface area contributed by atoms with E-state index in [4.69, 9.17) is 39.5 Å². The molecule has 0 N–H and O–H groups in total. The van der Waals surface area contributed by atoms with Crippen molar-refractivity contribution in [2.75, 3.05) is 7.11 Å². The first kappa shape index (κ1) is 13.7. The van der Waals surface area contributed by atoms with Gasteiger partial charge in [0.05, 0.1) is 7.11 Å². The van der Waals surface area contributed by atoms with E-state index in [2.05, 4.69) is 4.99 Å². The number of fused-ring (bicyclic) bond motifs is 1. The van der Waals surface area contributed by atoms with Crippen LogP contribution in [0.15, 0.2) is 41.4 Å². The van der Waals surface area contributed by atoms with Gasteiger partial charge in [0, 0.05) is 26.2 Å². The van der Waals surface area contributed by atoms with E-state index < -0.39 is 0 Å². The van der Waals surface area contributed by atoms with Crippen molar-refractivity contribution in [1.29, 1.82) is 0 Å². The molecule has 0 amide bonds. The molecule has 0 saturated carbocycles. The maximum absolute atomic E-state index is 6.29. The molecule has 0 saturated heterocycles. The van der Waals surface area contributed by atoms with E-state index in [0.29, 0.717) is 21.0 Å². The zero-order chi connectivity index (χ0) is 14.3. The fraction of sp³-hybridized carbons (Fsp3) is 0.133. The van der Waals surface area contributed by atoms with Crippen LogP contribution in [0.2, 0.25) is 15.1 Å². The Morgan fingerprint density at radius 3 is 2.35 bits per heavy atom. The van der Waals surface area contributed by atoms with Crippen LogP contribution in [0.1, 0.15) is 22.7 Å². The highest BCUT2D eigenvalue weighted by Gasteiger charge is 2.30. The minimum Gasteiger partial charge on any atom is -0.481 e. The summed E-state index contributed by atoms with van der Waals surface area (Å²) in [5.41, 5.74) is 2.73. The third-order valence-corrected chi connectivity index (χ3v) is 4.09. The summed E-state index contributed by atoms with van der Waals surface area (Å²) in [5, 5.41) is 1.51. The van der Waals surface area contributed by atoms with Crippen molar-refractivity contribution in [3.8, 4) is 0 Å². The lowest BCUT2D eigenvalue weighted by molar-refractivity contribution is 0.404. The first-order valence-corrected chi connectivity index (χ1v) is 7.10. The number of ether oxygens (including phenoxy) is 1. The lowest BCUT2D eigenvalue weighted by Gasteiger charge is -2.13. The molecular formula is C15H10Cl3NO. The second-order valence-electron chi connectivity index (χ2n) is 4.41. The molecule has 1 aliphatic rings. The molecule has 5 heteroatoms. The Morgan fingerprint density at radius 2 is 1.70 bits per heavy atom. The molecule has 0 radical (unpaired) electrons. The van der Waals surface area contributed by atoms with Crippen LogP contribution in [-0.4, -0.2) is 13.0 Å². The van der Waals surface area contributed by atoms with Crippen LogP contribution < -0.4 is 0 Å². The fourth-order valence-electron chi connectivity index (χ4n) is 2.38. The van der Waals surface area contributed by atoms with E-state index in [0.717, 1.165) is 16.7 Å². The molecule has 0 aromatic heterocycles. The second kappa shape index (κ2) is 5.28. The Balaban J connectivity index is 2.20. The number of hydrogen-bond donors (Lipinski definition) is 0. The Bertz CT molecular complexity index is 689. The predicted octanol–water partition coefficient (Wildman–Crippen LogP) is 5.14. The molecule has 0 fully saturated rings. The molecule has 102 valence electrons. The summed E-state index contributed by atoms with van der Waals surface area (Å²) in [6.07, 6.45) is 0. The van der Waals surface area contributed by atoms with Gasteiger partial charge in [-0.1, -0.05) is 53.0 Å². The number of benzene rings is 2. The molecule has 1 atom stereocenters. The molecular weight excluding hydrogens is 317 g/mol. The van der Waals surface area contributed by atoms with Gasteiger partial charge in [-0.2, -0.15) is 0 Å². The average molecular weight is 327 g/mol. The molecule has 1 unspecified atom stereocenters. The van der Waals surface area contributed by atoms with Gasteiger partial charge in [0.15, 0.2) is 0 Å². The lowest BCUT2D eigenvalue weighted by Crippen LogP contribution is -1.99. The maximum atomic E-state index is 6.29. The van der Waals surface area contributed by atoms with E-state index in [1.807, 2.05) is 24.3 Å². The van der Waals surface area contributed by atoms with Crippen molar-refractivity contribution in [2.45, 2.75) is 6.04 Å². The van der Waals surface area contributed by atoms with Crippen LogP contribution in [-0.2, 0) is 4.74 Å². The third kappa shape index (κ3) is 2.18. The molecule has 0 spiro atoms. The van der Waals surface area contributed by atoms with Gasteiger partial charge in [-0.15, -0.1) is 0 Å². The van der Waals surface area contributed by atoms with Crippen LogP contribution in [0.25, 0.3) is 0 Å². The first-order valence-electron chi connectivity index (χ1n) is 5.97. The zero-order valence-corrected chi connectivity index (χ0v) is 12.8. The largest absolute Gasteiger partial charge is 0.481 e. The fourth-order valence-corrected chi connectivity index (χ4v) is 3.41. The molecule has 2 nitrogen and oxygen atoms in total. The van der Waals surface area contributed by atoms with Crippen LogP contribution in [0.3, 0.4) is 0 Å². The highest BCUT2D eigenvalue weighted by molar-refractivity contribution is 6.39. The molecule has 2 aromatic carbocycles. The van der Waals surface area contributed by atoms with Crippen LogP contribution in [0, 0.1) is 0 Å². The van der Waals surface area contributed by atoms with Gasteiger partial charge in [0.2, 0.25) is 5.90 Å². The Hall–Kier alpha value is -1.22. The summed E-state index contributed by atoms with van der Waals surface area (Å²) in [5.74, 6) is 0.590. The van der Waals surface area contributed by atoms with Gasteiger partial charge in [-0.05, 0) is 23.8 Å². The number of methoxy groups -OCH3 is 1. The Morgan fingerprint density at radius 1 is 1.05 bits per heavy atom. The number of rotatable bonds is 1. The van der Waals surface area contributed by atoms with Crippen molar-refractivity contribution in [2.24, 2.45) is 4.99 Å². The summed E-state index contributed by atoms with van der Waals surface area (Å²) in [6.45, 7) is 0. The normalized spacial score (nSPS) is 16.8. The summed E-state index contributed by atoms with van der Waals surface area (Å²) < 4.78 is 5.33. The number of nitrogens with zero attached hydrogens (tertiary/aromatic N) is 1. The number of hydrogen-bond acceptors (Lipinski definition) is 2. The predicted molar refractivity (Wildman–Crippen MR) is 83.3 cm³/mol. The lowest BCUT2D eigenvalue weighted by atomic mass is 9.97. The van der Waals surface area contributed by atoms with Gasteiger partial charge in [-0.3, -0.25) is 0 Å². The molecule has 0 aliphatic carbocycles. The minimum atomic E-state index is -0.265. The SMILES string of the molecule is COC1=NC(c2c(Cl)cc(Cl)cc2Cl)c2ccccc21. The monoisotopic (exact) mass is 325 g/mol. The molecule has 1 aliphatic heterocycles. The molecule has 1 heterocycles. The van der Waals surface area contributed by atoms with Crippen molar-refractivity contribution in [3.63, 3.8) is 0 Å². The van der Waals surface area contributed by atoms with Crippen LogP contribution in [0.5, 0.6) is 0 Å². The molecule has 0 bridgehead atoms. The van der Waals surface area contributed by atoms with E-state index in [1.165, 1.54) is 0 Å². The summed E-state index contributed by atoms with van der Waals surface area (Å²) in [6, 6.07) is 10.9. The number of aliphatic imine (C=N–C) groups is 1. The highest BCUT2D eigenvalue weighted by Crippen LogP contribution is 2.42. The topological polar surface area (TPSA) is 21.6 Å². The number of halogens is 3. The highest BCUT2D eigenvalue weighted by atomic mass is 35.5. The van der Waals surface area contributed by atoms with Crippen molar-refractivity contribution < 1.29 is 4.74 Å². The molecule has 3 rings (SSSR count). The van der Waals surface area contributed by atoms with E-state index in [9.17, 15) is 0 Å². The van der Waals surface area contributed by atoms with E-state index >= 15 is 0 Å². The Labute approximate surface area is 131 Å². The minimum absolute atomic E-state index is 0.265. The van der Waals surface area contributed by atoms with Gasteiger partial charge in [0.25, 0.3) is 0 Å². The smallest absolute Gasteiger partial charge is 0.217 e. The van der Waals surface area contributed by atoms with Gasteiger partial charge < -0.3 is 4.74 Å². The van der Waals surface area contributed by atoms with Crippen molar-refractivity contribution >= 4 is 40.7 Å². The van der Waals surface area contributed by atoms with Crippen molar-refractivity contribution in [1.82, 2.24) is 0 Å².